The number of alkyl halides is 1. The third kappa shape index (κ3) is 2.74. The molecule has 3 heteroatoms. The Hall–Kier alpha value is -1.01. The lowest BCUT2D eigenvalue weighted by molar-refractivity contribution is 0.414. The van der Waals surface area contributed by atoms with E-state index < -0.39 is 0 Å². The molecular weight excluding hydrogens is 230 g/mol. The third-order valence-corrected chi connectivity index (χ3v) is 2.60. The van der Waals surface area contributed by atoms with Crippen molar-refractivity contribution in [3.8, 4) is 11.8 Å². The third-order valence-electron chi connectivity index (χ3n) is 1.75. The Labute approximate surface area is 86.3 Å². The maximum Gasteiger partial charge on any atom is 0.118 e. The molecular formula is C10H10BrNO. The van der Waals surface area contributed by atoms with Crippen LogP contribution in [-0.2, 0) is 0 Å². The van der Waals surface area contributed by atoms with E-state index in [1.165, 1.54) is 0 Å². The fraction of sp³-hybridized carbons (Fsp3) is 0.300. The summed E-state index contributed by atoms with van der Waals surface area (Å²) in [7, 11) is 1.63. The number of nitrogens with zero attached hydrogens (tertiary/aromatic N) is 1. The molecule has 13 heavy (non-hydrogen) atoms. The monoisotopic (exact) mass is 239 g/mol. The van der Waals surface area contributed by atoms with Gasteiger partial charge in [-0.15, -0.1) is 0 Å². The van der Waals surface area contributed by atoms with Crippen molar-refractivity contribution < 1.29 is 4.74 Å². The smallest absolute Gasteiger partial charge is 0.118 e. The van der Waals surface area contributed by atoms with Gasteiger partial charge in [0.05, 0.1) is 24.4 Å². The molecule has 0 bridgehead atoms. The van der Waals surface area contributed by atoms with Crippen molar-refractivity contribution in [3.05, 3.63) is 29.8 Å². The summed E-state index contributed by atoms with van der Waals surface area (Å²) in [6.07, 6.45) is 0.479. The minimum Gasteiger partial charge on any atom is -0.497 e. The minimum absolute atomic E-state index is 0.114. The number of methoxy groups -OCH3 is 1. The summed E-state index contributed by atoms with van der Waals surface area (Å²) < 4.78 is 5.03. The fourth-order valence-corrected chi connectivity index (χ4v) is 1.46. The largest absolute Gasteiger partial charge is 0.497 e. The summed E-state index contributed by atoms with van der Waals surface area (Å²) in [6, 6.07) is 9.80. The van der Waals surface area contributed by atoms with Crippen LogP contribution in [0.15, 0.2) is 24.3 Å². The van der Waals surface area contributed by atoms with Crippen LogP contribution in [0.1, 0.15) is 16.8 Å². The maximum absolute atomic E-state index is 8.49. The first-order valence-corrected chi connectivity index (χ1v) is 4.84. The summed E-state index contributed by atoms with van der Waals surface area (Å²) >= 11 is 3.43. The van der Waals surface area contributed by atoms with E-state index in [0.717, 1.165) is 11.3 Å². The summed E-state index contributed by atoms with van der Waals surface area (Å²) in [5.41, 5.74) is 1.10. The van der Waals surface area contributed by atoms with Crippen molar-refractivity contribution in [1.29, 1.82) is 5.26 Å². The molecule has 1 unspecified atom stereocenters. The number of hydrogen-bond acceptors (Lipinski definition) is 2. The molecule has 0 aliphatic carbocycles. The zero-order valence-electron chi connectivity index (χ0n) is 7.33. The molecule has 1 rings (SSSR count). The van der Waals surface area contributed by atoms with Gasteiger partial charge in [0.15, 0.2) is 0 Å². The molecule has 1 aromatic rings. The summed E-state index contributed by atoms with van der Waals surface area (Å²) in [5, 5.41) is 8.49. The second-order valence-corrected chi connectivity index (χ2v) is 3.71. The van der Waals surface area contributed by atoms with Crippen LogP contribution < -0.4 is 4.74 Å². The Kier molecular flexibility index (Phi) is 3.78. The SMILES string of the molecule is COc1ccc(C(Br)CC#N)cc1. The van der Waals surface area contributed by atoms with Gasteiger partial charge in [-0.25, -0.2) is 0 Å². The molecule has 1 atom stereocenters. The van der Waals surface area contributed by atoms with E-state index in [0.29, 0.717) is 6.42 Å². The highest BCUT2D eigenvalue weighted by atomic mass is 79.9. The van der Waals surface area contributed by atoms with Gasteiger partial charge < -0.3 is 4.74 Å². The highest BCUT2D eigenvalue weighted by Gasteiger charge is 2.05. The molecule has 2 nitrogen and oxygen atoms in total. The van der Waals surface area contributed by atoms with Crippen LogP contribution in [0.4, 0.5) is 0 Å². The standard InChI is InChI=1S/C10H10BrNO/c1-13-9-4-2-8(3-5-9)10(11)6-7-12/h2-5,10H,6H2,1H3. The van der Waals surface area contributed by atoms with E-state index in [4.69, 9.17) is 10.00 Å². The molecule has 0 aliphatic rings. The Balaban J connectivity index is 2.74. The molecule has 0 fully saturated rings. The number of ether oxygens (including phenoxy) is 1. The van der Waals surface area contributed by atoms with Gasteiger partial charge in [-0.1, -0.05) is 28.1 Å². The van der Waals surface area contributed by atoms with E-state index in [1.54, 1.807) is 7.11 Å². The zero-order valence-corrected chi connectivity index (χ0v) is 8.91. The van der Waals surface area contributed by atoms with Gasteiger partial charge in [0.25, 0.3) is 0 Å². The second-order valence-electron chi connectivity index (χ2n) is 2.60. The number of rotatable bonds is 3. The van der Waals surface area contributed by atoms with Gasteiger partial charge in [-0.2, -0.15) is 5.26 Å². The molecule has 0 spiro atoms. The Morgan fingerprint density at radius 1 is 1.46 bits per heavy atom. The fourth-order valence-electron chi connectivity index (χ4n) is 1.01. The van der Waals surface area contributed by atoms with Crippen molar-refractivity contribution in [2.24, 2.45) is 0 Å². The Morgan fingerprint density at radius 3 is 2.54 bits per heavy atom. The molecule has 0 aliphatic heterocycles. The van der Waals surface area contributed by atoms with E-state index in [1.807, 2.05) is 24.3 Å². The summed E-state index contributed by atoms with van der Waals surface area (Å²) in [5.74, 6) is 0.834. The molecule has 1 aromatic carbocycles. The molecule has 0 heterocycles. The lowest BCUT2D eigenvalue weighted by Gasteiger charge is -2.06. The highest BCUT2D eigenvalue weighted by molar-refractivity contribution is 9.09. The normalized spacial score (nSPS) is 11.8. The highest BCUT2D eigenvalue weighted by Crippen LogP contribution is 2.27. The number of halogens is 1. The Morgan fingerprint density at radius 2 is 2.08 bits per heavy atom. The van der Waals surface area contributed by atoms with Crippen LogP contribution in [0.5, 0.6) is 5.75 Å². The average molecular weight is 240 g/mol. The van der Waals surface area contributed by atoms with E-state index in [-0.39, 0.29) is 4.83 Å². The molecule has 68 valence electrons. The van der Waals surface area contributed by atoms with Gasteiger partial charge >= 0.3 is 0 Å². The quantitative estimate of drug-likeness (QED) is 0.760. The summed E-state index contributed by atoms with van der Waals surface area (Å²) in [4.78, 5) is 0.114. The topological polar surface area (TPSA) is 33.0 Å². The number of nitriles is 1. The molecule has 0 saturated carbocycles. The van der Waals surface area contributed by atoms with Gasteiger partial charge in [0.1, 0.15) is 5.75 Å². The Bertz CT molecular complexity index is 302. The van der Waals surface area contributed by atoms with Gasteiger partial charge in [0.2, 0.25) is 0 Å². The van der Waals surface area contributed by atoms with Crippen LogP contribution in [0, 0.1) is 11.3 Å². The lowest BCUT2D eigenvalue weighted by atomic mass is 10.1. The van der Waals surface area contributed by atoms with Crippen molar-refractivity contribution in [2.45, 2.75) is 11.2 Å². The second kappa shape index (κ2) is 4.88. The van der Waals surface area contributed by atoms with E-state index in [9.17, 15) is 0 Å². The lowest BCUT2D eigenvalue weighted by Crippen LogP contribution is -1.88. The zero-order chi connectivity index (χ0) is 9.68. The van der Waals surface area contributed by atoms with Crippen LogP contribution in [0.25, 0.3) is 0 Å². The predicted octanol–water partition coefficient (Wildman–Crippen LogP) is 3.04. The number of benzene rings is 1. The molecule has 0 amide bonds. The van der Waals surface area contributed by atoms with Crippen LogP contribution in [-0.4, -0.2) is 7.11 Å². The molecule has 0 saturated heterocycles. The number of hydrogen-bond donors (Lipinski definition) is 0. The minimum atomic E-state index is 0.114. The van der Waals surface area contributed by atoms with E-state index in [2.05, 4.69) is 22.0 Å². The molecule has 0 aromatic heterocycles. The first kappa shape index (κ1) is 10.1. The van der Waals surface area contributed by atoms with Gasteiger partial charge in [-0.3, -0.25) is 0 Å². The van der Waals surface area contributed by atoms with E-state index >= 15 is 0 Å². The van der Waals surface area contributed by atoms with Crippen molar-refractivity contribution >= 4 is 15.9 Å². The maximum atomic E-state index is 8.49. The van der Waals surface area contributed by atoms with Crippen molar-refractivity contribution in [3.63, 3.8) is 0 Å². The van der Waals surface area contributed by atoms with Crippen LogP contribution in [0.2, 0.25) is 0 Å². The predicted molar refractivity (Wildman–Crippen MR) is 54.9 cm³/mol. The first-order chi connectivity index (χ1) is 6.27. The van der Waals surface area contributed by atoms with Crippen molar-refractivity contribution in [1.82, 2.24) is 0 Å². The molecule has 0 radical (unpaired) electrons. The van der Waals surface area contributed by atoms with Gasteiger partial charge in [-0.05, 0) is 17.7 Å². The first-order valence-electron chi connectivity index (χ1n) is 3.93. The van der Waals surface area contributed by atoms with Crippen LogP contribution in [0.3, 0.4) is 0 Å². The summed E-state index contributed by atoms with van der Waals surface area (Å²) in [6.45, 7) is 0. The molecule has 0 N–H and O–H groups in total. The average Bonchev–Trinajstić information content (AvgIpc) is 2.18. The van der Waals surface area contributed by atoms with Crippen molar-refractivity contribution in [2.75, 3.05) is 7.11 Å². The van der Waals surface area contributed by atoms with Crippen LogP contribution >= 0.6 is 15.9 Å². The van der Waals surface area contributed by atoms with Gasteiger partial charge in [0, 0.05) is 0 Å².